The molecule has 0 radical (unpaired) electrons. The fourth-order valence-corrected chi connectivity index (χ4v) is 4.48. The molecule has 3 N–H and O–H groups in total. The number of hydrogen-bond acceptors (Lipinski definition) is 4. The van der Waals surface area contributed by atoms with Crippen LogP contribution in [0, 0.1) is 5.92 Å². The van der Waals surface area contributed by atoms with Gasteiger partial charge in [0.25, 0.3) is 5.91 Å². The Bertz CT molecular complexity index is 1210. The average Bonchev–Trinajstić information content (AvgIpc) is 2.84. The maximum atomic E-state index is 12.8. The number of pyridine rings is 1. The number of benzene rings is 2. The lowest BCUT2D eigenvalue weighted by Gasteiger charge is -2.30. The molecule has 0 spiro atoms. The molecule has 0 bridgehead atoms. The molecule has 1 aromatic heterocycles. The molecule has 0 aliphatic heterocycles. The molecule has 1 saturated carbocycles. The van der Waals surface area contributed by atoms with E-state index in [0.29, 0.717) is 22.7 Å². The Balaban J connectivity index is 1.35. The van der Waals surface area contributed by atoms with E-state index < -0.39 is 11.5 Å². The SMILES string of the molecule is CC(C)(NC(=O)[C@H]1CC[C@@H](c2ccc(NC(=O)c3cccc4cccnc34)cc2)CC1)C(=O)O. The summed E-state index contributed by atoms with van der Waals surface area (Å²) in [6.45, 7) is 2.99. The van der Waals surface area contributed by atoms with Crippen LogP contribution < -0.4 is 10.6 Å². The van der Waals surface area contributed by atoms with E-state index in [1.807, 2.05) is 48.5 Å². The van der Waals surface area contributed by atoms with E-state index in [1.165, 1.54) is 19.4 Å². The van der Waals surface area contributed by atoms with Gasteiger partial charge in [0.2, 0.25) is 5.91 Å². The Morgan fingerprint density at radius 3 is 2.29 bits per heavy atom. The number of rotatable bonds is 6. The average molecular weight is 460 g/mol. The summed E-state index contributed by atoms with van der Waals surface area (Å²) in [5.41, 5.74) is 1.83. The fourth-order valence-electron chi connectivity index (χ4n) is 4.48. The van der Waals surface area contributed by atoms with E-state index in [9.17, 15) is 19.5 Å². The normalized spacial score (nSPS) is 18.3. The number of fused-ring (bicyclic) bond motifs is 1. The van der Waals surface area contributed by atoms with Gasteiger partial charge in [0.15, 0.2) is 0 Å². The molecule has 0 unspecified atom stereocenters. The second-order valence-corrected chi connectivity index (χ2v) is 9.42. The fraction of sp³-hybridized carbons (Fsp3) is 0.333. The molecule has 7 nitrogen and oxygen atoms in total. The molecule has 34 heavy (non-hydrogen) atoms. The van der Waals surface area contributed by atoms with Crippen LogP contribution in [0.15, 0.2) is 60.8 Å². The number of amides is 2. The van der Waals surface area contributed by atoms with Crippen LogP contribution in [0.5, 0.6) is 0 Å². The number of carbonyl (C=O) groups is 3. The van der Waals surface area contributed by atoms with Gasteiger partial charge in [0.05, 0.1) is 11.1 Å². The van der Waals surface area contributed by atoms with E-state index in [1.54, 1.807) is 12.3 Å². The summed E-state index contributed by atoms with van der Waals surface area (Å²) in [6.07, 6.45) is 4.84. The Kier molecular flexibility index (Phi) is 6.63. The predicted octanol–water partition coefficient (Wildman–Crippen LogP) is 4.74. The second-order valence-electron chi connectivity index (χ2n) is 9.42. The molecule has 3 aromatic rings. The van der Waals surface area contributed by atoms with Crippen molar-refractivity contribution >= 4 is 34.4 Å². The molecule has 1 aliphatic rings. The van der Waals surface area contributed by atoms with Crippen LogP contribution in [-0.2, 0) is 9.59 Å². The van der Waals surface area contributed by atoms with Gasteiger partial charge >= 0.3 is 5.97 Å². The van der Waals surface area contributed by atoms with Crippen LogP contribution in [0.3, 0.4) is 0 Å². The maximum absolute atomic E-state index is 12.8. The summed E-state index contributed by atoms with van der Waals surface area (Å²) in [5.74, 6) is -1.26. The smallest absolute Gasteiger partial charge is 0.328 e. The first-order valence-corrected chi connectivity index (χ1v) is 11.5. The topological polar surface area (TPSA) is 108 Å². The van der Waals surface area contributed by atoms with Crippen LogP contribution >= 0.6 is 0 Å². The van der Waals surface area contributed by atoms with Gasteiger partial charge in [0, 0.05) is 23.2 Å². The molecule has 0 atom stereocenters. The summed E-state index contributed by atoms with van der Waals surface area (Å²) in [4.78, 5) is 40.9. The highest BCUT2D eigenvalue weighted by atomic mass is 16.4. The number of nitrogens with zero attached hydrogens (tertiary/aromatic N) is 1. The van der Waals surface area contributed by atoms with Gasteiger partial charge in [0.1, 0.15) is 5.54 Å². The Labute approximate surface area is 198 Å². The minimum absolute atomic E-state index is 0.164. The number of anilines is 1. The number of carbonyl (C=O) groups excluding carboxylic acids is 2. The first kappa shape index (κ1) is 23.4. The highest BCUT2D eigenvalue weighted by Crippen LogP contribution is 2.36. The van der Waals surface area contributed by atoms with E-state index >= 15 is 0 Å². The van der Waals surface area contributed by atoms with Gasteiger partial charge in [-0.25, -0.2) is 4.79 Å². The minimum atomic E-state index is -1.27. The molecule has 1 heterocycles. The van der Waals surface area contributed by atoms with Crippen molar-refractivity contribution in [1.82, 2.24) is 10.3 Å². The maximum Gasteiger partial charge on any atom is 0.328 e. The summed E-state index contributed by atoms with van der Waals surface area (Å²) in [7, 11) is 0. The van der Waals surface area contributed by atoms with Crippen LogP contribution in [-0.4, -0.2) is 33.4 Å². The summed E-state index contributed by atoms with van der Waals surface area (Å²) in [5, 5.41) is 15.7. The molecule has 1 fully saturated rings. The molecule has 1 aliphatic carbocycles. The first-order valence-electron chi connectivity index (χ1n) is 11.5. The van der Waals surface area contributed by atoms with Crippen LogP contribution in [0.1, 0.15) is 61.4 Å². The second kappa shape index (κ2) is 9.63. The van der Waals surface area contributed by atoms with Crippen LogP contribution in [0.4, 0.5) is 5.69 Å². The number of aromatic nitrogens is 1. The number of carboxylic acid groups (broad SMARTS) is 1. The molecule has 0 saturated heterocycles. The number of para-hydroxylation sites is 1. The molecule has 176 valence electrons. The van der Waals surface area contributed by atoms with Crippen LogP contribution in [0.25, 0.3) is 10.9 Å². The third-order valence-electron chi connectivity index (χ3n) is 6.59. The van der Waals surface area contributed by atoms with Crippen molar-refractivity contribution in [2.24, 2.45) is 5.92 Å². The first-order chi connectivity index (χ1) is 16.2. The molecule has 4 rings (SSSR count). The van der Waals surface area contributed by atoms with Crippen LogP contribution in [0.2, 0.25) is 0 Å². The zero-order chi connectivity index (χ0) is 24.3. The zero-order valence-electron chi connectivity index (χ0n) is 19.4. The lowest BCUT2D eigenvalue weighted by Crippen LogP contribution is -2.51. The minimum Gasteiger partial charge on any atom is -0.480 e. The molecule has 2 aromatic carbocycles. The van der Waals surface area contributed by atoms with Crippen molar-refractivity contribution in [2.75, 3.05) is 5.32 Å². The highest BCUT2D eigenvalue weighted by Gasteiger charge is 2.33. The number of hydrogen-bond donors (Lipinski definition) is 3. The molecular weight excluding hydrogens is 430 g/mol. The standard InChI is InChI=1S/C27H29N3O4/c1-27(2,26(33)34)30-24(31)20-10-8-17(9-11-20)18-12-14-21(15-13-18)29-25(32)22-7-3-5-19-6-4-16-28-23(19)22/h3-7,12-17,20H,8-11H2,1-2H3,(H,29,32)(H,30,31)(H,33,34)/t17-,20+. The van der Waals surface area contributed by atoms with Gasteiger partial charge in [-0.1, -0.05) is 30.3 Å². The predicted molar refractivity (Wildman–Crippen MR) is 131 cm³/mol. The zero-order valence-corrected chi connectivity index (χ0v) is 19.4. The highest BCUT2D eigenvalue weighted by molar-refractivity contribution is 6.11. The summed E-state index contributed by atoms with van der Waals surface area (Å²) < 4.78 is 0. The van der Waals surface area contributed by atoms with Crippen molar-refractivity contribution in [1.29, 1.82) is 0 Å². The third kappa shape index (κ3) is 5.09. The third-order valence-corrected chi connectivity index (χ3v) is 6.59. The number of carboxylic acids is 1. The Morgan fingerprint density at radius 1 is 0.941 bits per heavy atom. The quantitative estimate of drug-likeness (QED) is 0.493. The van der Waals surface area contributed by atoms with E-state index in [2.05, 4.69) is 15.6 Å². The Morgan fingerprint density at radius 2 is 1.62 bits per heavy atom. The molecular formula is C27H29N3O4. The lowest BCUT2D eigenvalue weighted by atomic mass is 9.78. The van der Waals surface area contributed by atoms with Crippen molar-refractivity contribution < 1.29 is 19.5 Å². The molecule has 2 amide bonds. The summed E-state index contributed by atoms with van der Waals surface area (Å²) >= 11 is 0. The van der Waals surface area contributed by atoms with E-state index in [0.717, 1.165) is 31.1 Å². The van der Waals surface area contributed by atoms with Gasteiger partial charge in [-0.3, -0.25) is 14.6 Å². The number of nitrogens with one attached hydrogen (secondary N) is 2. The van der Waals surface area contributed by atoms with Crippen molar-refractivity contribution in [3.05, 3.63) is 71.9 Å². The van der Waals surface area contributed by atoms with Crippen molar-refractivity contribution in [3.63, 3.8) is 0 Å². The van der Waals surface area contributed by atoms with Gasteiger partial charge in [-0.15, -0.1) is 0 Å². The van der Waals surface area contributed by atoms with E-state index in [4.69, 9.17) is 0 Å². The monoisotopic (exact) mass is 459 g/mol. The lowest BCUT2D eigenvalue weighted by molar-refractivity contribution is -0.146. The van der Waals surface area contributed by atoms with E-state index in [-0.39, 0.29) is 17.7 Å². The Hall–Kier alpha value is -3.74. The summed E-state index contributed by atoms with van der Waals surface area (Å²) in [6, 6.07) is 17.2. The van der Waals surface area contributed by atoms with Gasteiger partial charge in [-0.2, -0.15) is 0 Å². The van der Waals surface area contributed by atoms with Gasteiger partial charge < -0.3 is 15.7 Å². The number of aliphatic carboxylic acids is 1. The van der Waals surface area contributed by atoms with Crippen molar-refractivity contribution in [2.45, 2.75) is 51.0 Å². The molecule has 7 heteroatoms. The largest absolute Gasteiger partial charge is 0.480 e. The van der Waals surface area contributed by atoms with Crippen molar-refractivity contribution in [3.8, 4) is 0 Å². The van der Waals surface area contributed by atoms with Gasteiger partial charge in [-0.05, 0) is 75.3 Å².